The van der Waals surface area contributed by atoms with Crippen LogP contribution in [0.4, 0.5) is 5.69 Å². The molecule has 0 unspecified atom stereocenters. The number of ether oxygens (including phenoxy) is 1. The van der Waals surface area contributed by atoms with Crippen molar-refractivity contribution in [3.05, 3.63) is 45.3 Å². The summed E-state index contributed by atoms with van der Waals surface area (Å²) in [4.78, 5) is 2.18. The molecule has 1 aromatic carbocycles. The van der Waals surface area contributed by atoms with E-state index in [1.165, 1.54) is 4.90 Å². The van der Waals surface area contributed by atoms with E-state index in [1.54, 1.807) is 23.1 Å². The lowest BCUT2D eigenvalue weighted by Crippen LogP contribution is -2.38. The molecule has 0 saturated heterocycles. The maximum atomic E-state index is 11.0. The Balaban J connectivity index is 1.62. The summed E-state index contributed by atoms with van der Waals surface area (Å²) in [7, 11) is -3.97. The van der Waals surface area contributed by atoms with E-state index < -0.39 is 10.1 Å². The smallest absolute Gasteiger partial charge is 0.387 e. The Morgan fingerprint density at radius 2 is 2.19 bits per heavy atom. The van der Waals surface area contributed by atoms with Crippen LogP contribution in [0.3, 0.4) is 0 Å². The number of nitrogens with zero attached hydrogens (tertiary/aromatic N) is 1. The summed E-state index contributed by atoms with van der Waals surface area (Å²) >= 11 is 3.26. The number of fused-ring (bicyclic) bond motifs is 2. The van der Waals surface area contributed by atoms with Gasteiger partial charge in [0.05, 0.1) is 22.5 Å². The molecule has 2 aliphatic rings. The normalized spacial score (nSPS) is 16.9. The van der Waals surface area contributed by atoms with Crippen molar-refractivity contribution in [2.75, 3.05) is 17.7 Å². The zero-order valence-electron chi connectivity index (χ0n) is 13.7. The van der Waals surface area contributed by atoms with Gasteiger partial charge >= 0.3 is 5.88 Å². The lowest BCUT2D eigenvalue weighted by atomic mass is 10.3. The number of anilines is 1. The maximum Gasteiger partial charge on any atom is 0.387 e. The molecule has 26 heavy (non-hydrogen) atoms. The molecule has 2 aliphatic heterocycles. The molecule has 9 heteroatoms. The van der Waals surface area contributed by atoms with Gasteiger partial charge in [-0.05, 0) is 24.3 Å². The van der Waals surface area contributed by atoms with E-state index in [2.05, 4.69) is 17.5 Å². The van der Waals surface area contributed by atoms with Crippen molar-refractivity contribution in [2.24, 2.45) is 0 Å². The largest absolute Gasteiger partial charge is 0.439 e. The second-order valence-electron chi connectivity index (χ2n) is 5.85. The zero-order chi connectivity index (χ0) is 18.1. The van der Waals surface area contributed by atoms with Crippen molar-refractivity contribution < 1.29 is 22.3 Å². The van der Waals surface area contributed by atoms with Crippen LogP contribution in [0.5, 0.6) is 5.88 Å². The molecule has 0 atom stereocenters. The van der Waals surface area contributed by atoms with Crippen LogP contribution in [0.2, 0.25) is 0 Å². The maximum absolute atomic E-state index is 11.0. The van der Waals surface area contributed by atoms with Gasteiger partial charge in [-0.25, -0.2) is 0 Å². The Kier molecular flexibility index (Phi) is 4.78. The molecule has 0 spiro atoms. The van der Waals surface area contributed by atoms with E-state index >= 15 is 0 Å². The van der Waals surface area contributed by atoms with Crippen LogP contribution < -0.4 is 14.6 Å². The topological polar surface area (TPSA) is 79.5 Å². The van der Waals surface area contributed by atoms with E-state index in [1.807, 2.05) is 34.9 Å². The van der Waals surface area contributed by atoms with Gasteiger partial charge in [0.15, 0.2) is 6.54 Å². The van der Waals surface area contributed by atoms with Crippen LogP contribution in [0.25, 0.3) is 12.2 Å². The average Bonchev–Trinajstić information content (AvgIpc) is 3.15. The van der Waals surface area contributed by atoms with E-state index in [9.17, 15) is 8.42 Å². The summed E-state index contributed by atoms with van der Waals surface area (Å²) in [5.41, 5.74) is 1.08. The predicted molar refractivity (Wildman–Crippen MR) is 104 cm³/mol. The van der Waals surface area contributed by atoms with E-state index in [-0.39, 0.29) is 5.75 Å². The molecule has 0 amide bonds. The molecular weight excluding hydrogens is 392 g/mol. The third-order valence-electron chi connectivity index (χ3n) is 3.93. The summed E-state index contributed by atoms with van der Waals surface area (Å²) in [6, 6.07) is 8.11. The summed E-state index contributed by atoms with van der Waals surface area (Å²) in [6.07, 6.45) is 6.35. The first-order valence-corrected chi connectivity index (χ1v) is 11.3. The van der Waals surface area contributed by atoms with Gasteiger partial charge in [0.2, 0.25) is 0 Å². The summed E-state index contributed by atoms with van der Waals surface area (Å²) in [5, 5.41) is 5.38. The van der Waals surface area contributed by atoms with Crippen LogP contribution in [0.1, 0.15) is 16.3 Å². The third kappa shape index (κ3) is 3.80. The first-order chi connectivity index (χ1) is 12.5. The van der Waals surface area contributed by atoms with Crippen molar-refractivity contribution in [1.82, 2.24) is 0 Å². The molecule has 1 aromatic heterocycles. The molecule has 0 aliphatic carbocycles. The van der Waals surface area contributed by atoms with Gasteiger partial charge < -0.3 is 10.1 Å². The molecule has 0 fully saturated rings. The van der Waals surface area contributed by atoms with Gasteiger partial charge in [-0.15, -0.1) is 4.57 Å². The average molecular weight is 410 g/mol. The van der Waals surface area contributed by atoms with Crippen LogP contribution in [-0.4, -0.2) is 25.3 Å². The fourth-order valence-electron chi connectivity index (χ4n) is 2.82. The minimum atomic E-state index is -3.97. The molecule has 0 bridgehead atoms. The van der Waals surface area contributed by atoms with E-state index in [0.717, 1.165) is 26.5 Å². The van der Waals surface area contributed by atoms with Crippen molar-refractivity contribution in [1.29, 1.82) is 0 Å². The molecule has 6 nitrogen and oxygen atoms in total. The predicted octanol–water partition coefficient (Wildman–Crippen LogP) is 3.24. The van der Waals surface area contributed by atoms with E-state index in [0.29, 0.717) is 19.6 Å². The monoisotopic (exact) mass is 409 g/mol. The van der Waals surface area contributed by atoms with Crippen LogP contribution in [0, 0.1) is 0 Å². The lowest BCUT2D eigenvalue weighted by Gasteiger charge is -2.05. The van der Waals surface area contributed by atoms with Gasteiger partial charge in [0.1, 0.15) is 11.5 Å². The Bertz CT molecular complexity index is 982. The lowest BCUT2D eigenvalue weighted by molar-refractivity contribution is -0.698. The van der Waals surface area contributed by atoms with Crippen LogP contribution >= 0.6 is 23.1 Å². The third-order valence-corrected chi connectivity index (χ3v) is 6.82. The number of benzene rings is 1. The number of rotatable bonds is 5. The first kappa shape index (κ1) is 17.6. The number of hydrogen-bond donors (Lipinski definition) is 2. The van der Waals surface area contributed by atoms with Gasteiger partial charge in [-0.3, -0.25) is 4.55 Å². The fourth-order valence-corrected chi connectivity index (χ4v) is 5.44. The fraction of sp³-hybridized carbons (Fsp3) is 0.235. The molecule has 136 valence electrons. The molecule has 0 radical (unpaired) electrons. The zero-order valence-corrected chi connectivity index (χ0v) is 16.2. The molecule has 2 N–H and O–H groups in total. The minimum Gasteiger partial charge on any atom is -0.439 e. The number of hydrogen-bond acceptors (Lipinski definition) is 6. The highest BCUT2D eigenvalue weighted by atomic mass is 32.2. The highest BCUT2D eigenvalue weighted by Gasteiger charge is 2.29. The molecular formula is C17H17N2O4S3+. The van der Waals surface area contributed by atoms with Gasteiger partial charge in [-0.1, -0.05) is 35.2 Å². The Hall–Kier alpha value is -1.81. The van der Waals surface area contributed by atoms with Gasteiger partial charge in [0.25, 0.3) is 15.1 Å². The minimum absolute atomic E-state index is 0.269. The number of thioether (sulfide) groups is 1. The summed E-state index contributed by atoms with van der Waals surface area (Å²) in [5.74, 6) is 0.481. The molecule has 4 rings (SSSR count). The number of aromatic nitrogens is 1. The summed E-state index contributed by atoms with van der Waals surface area (Å²) in [6.45, 7) is 0.951. The molecule has 0 saturated carbocycles. The molecule has 2 aromatic rings. The highest BCUT2D eigenvalue weighted by molar-refractivity contribution is 8.03. The van der Waals surface area contributed by atoms with Crippen LogP contribution in [0.15, 0.2) is 40.3 Å². The van der Waals surface area contributed by atoms with Crippen molar-refractivity contribution >= 4 is 51.1 Å². The van der Waals surface area contributed by atoms with Crippen molar-refractivity contribution in [2.45, 2.75) is 17.9 Å². The SMILES string of the molecule is O=S(=O)(O)CCC[n+]1c(C=C2Nc3ccccc3S2)sc2c1OCC=C2. The molecule has 3 heterocycles. The number of thiazole rings is 1. The number of para-hydroxylation sites is 1. The van der Waals surface area contributed by atoms with Gasteiger partial charge in [0, 0.05) is 11.3 Å². The summed E-state index contributed by atoms with van der Waals surface area (Å²) < 4.78 is 38.8. The Morgan fingerprint density at radius 1 is 1.35 bits per heavy atom. The Morgan fingerprint density at radius 3 is 3.00 bits per heavy atom. The Labute approximate surface area is 160 Å². The second-order valence-corrected chi connectivity index (χ2v) is 9.56. The second kappa shape index (κ2) is 7.07. The van der Waals surface area contributed by atoms with Crippen molar-refractivity contribution in [3.63, 3.8) is 0 Å². The van der Waals surface area contributed by atoms with Gasteiger partial charge in [-0.2, -0.15) is 8.42 Å². The highest BCUT2D eigenvalue weighted by Crippen LogP contribution is 2.41. The number of nitrogens with one attached hydrogen (secondary N) is 1. The standard InChI is InChI=1S/C17H16N2O4S3/c20-26(21,22)10-4-8-19-16(25-14-7-3-9-23-17(14)19)11-15-18-12-5-1-2-6-13(12)24-15/h1-3,5-7,11H,4,8-10H2,(H,20,21,22)/p+1. The van der Waals surface area contributed by atoms with E-state index in [4.69, 9.17) is 9.29 Å². The van der Waals surface area contributed by atoms with Crippen LogP contribution in [-0.2, 0) is 16.7 Å². The van der Waals surface area contributed by atoms with Crippen molar-refractivity contribution in [3.8, 4) is 5.88 Å². The first-order valence-electron chi connectivity index (χ1n) is 8.06. The quantitative estimate of drug-likeness (QED) is 0.583.